The highest BCUT2D eigenvalue weighted by molar-refractivity contribution is 7.80. The Kier molecular flexibility index (Phi) is 6.10. The Labute approximate surface area is 125 Å². The summed E-state index contributed by atoms with van der Waals surface area (Å²) >= 11 is 4.88. The van der Waals surface area contributed by atoms with Crippen LogP contribution in [0.15, 0.2) is 24.3 Å². The molecule has 0 bridgehead atoms. The predicted molar refractivity (Wildman–Crippen MR) is 84.9 cm³/mol. The molecule has 3 N–H and O–H groups in total. The van der Waals surface area contributed by atoms with Crippen LogP contribution in [-0.4, -0.2) is 31.2 Å². The number of carbonyl (C=O) groups is 1. The molecule has 5 heteroatoms. The molecule has 0 fully saturated rings. The molecule has 0 radical (unpaired) electrons. The van der Waals surface area contributed by atoms with Gasteiger partial charge in [0.25, 0.3) is 5.91 Å². The van der Waals surface area contributed by atoms with Gasteiger partial charge in [0, 0.05) is 31.4 Å². The fourth-order valence-electron chi connectivity index (χ4n) is 1.67. The maximum Gasteiger partial charge on any atom is 0.251 e. The number of rotatable bonds is 7. The highest BCUT2D eigenvalue weighted by Crippen LogP contribution is 2.19. The first-order valence-electron chi connectivity index (χ1n) is 6.53. The molecule has 0 saturated carbocycles. The van der Waals surface area contributed by atoms with Crippen molar-refractivity contribution in [2.45, 2.75) is 20.3 Å². The third-order valence-electron chi connectivity index (χ3n) is 3.14. The van der Waals surface area contributed by atoms with Crippen LogP contribution in [0.25, 0.3) is 0 Å². The molecule has 1 aromatic rings. The predicted octanol–water partition coefficient (Wildman–Crippen LogP) is 2.11. The Morgan fingerprint density at radius 1 is 1.30 bits per heavy atom. The van der Waals surface area contributed by atoms with E-state index >= 15 is 0 Å². The fourth-order valence-corrected chi connectivity index (χ4v) is 1.81. The highest BCUT2D eigenvalue weighted by atomic mass is 32.1. The second-order valence-electron chi connectivity index (χ2n) is 5.53. The van der Waals surface area contributed by atoms with Gasteiger partial charge >= 0.3 is 0 Å². The number of thiocarbonyl (C=S) groups is 1. The van der Waals surface area contributed by atoms with Gasteiger partial charge < -0.3 is 15.8 Å². The van der Waals surface area contributed by atoms with E-state index in [2.05, 4.69) is 19.2 Å². The number of carbonyl (C=O) groups excluding carboxylic acids is 1. The second kappa shape index (κ2) is 7.36. The van der Waals surface area contributed by atoms with Gasteiger partial charge in [-0.15, -0.1) is 0 Å². The number of ether oxygens (including phenoxy) is 1. The van der Waals surface area contributed by atoms with Crippen molar-refractivity contribution in [3.05, 3.63) is 35.4 Å². The number of nitrogens with two attached hydrogens (primary N) is 1. The minimum Gasteiger partial charge on any atom is -0.389 e. The molecule has 110 valence electrons. The maximum atomic E-state index is 12.0. The molecule has 1 aromatic carbocycles. The van der Waals surface area contributed by atoms with Gasteiger partial charge in [-0.05, 0) is 24.0 Å². The van der Waals surface area contributed by atoms with Gasteiger partial charge in [-0.1, -0.05) is 38.2 Å². The first-order valence-corrected chi connectivity index (χ1v) is 6.93. The average Bonchev–Trinajstić information content (AvgIpc) is 2.43. The van der Waals surface area contributed by atoms with Crippen molar-refractivity contribution < 1.29 is 9.53 Å². The Hall–Kier alpha value is -1.46. The van der Waals surface area contributed by atoms with Crippen LogP contribution >= 0.6 is 12.2 Å². The maximum absolute atomic E-state index is 12.0. The Bertz CT molecular complexity index is 469. The summed E-state index contributed by atoms with van der Waals surface area (Å²) in [6.07, 6.45) is 0.893. The summed E-state index contributed by atoms with van der Waals surface area (Å²) in [7, 11) is 1.68. The largest absolute Gasteiger partial charge is 0.389 e. The summed E-state index contributed by atoms with van der Waals surface area (Å²) in [5.41, 5.74) is 6.89. The summed E-state index contributed by atoms with van der Waals surface area (Å²) in [5, 5.41) is 2.94. The minimum atomic E-state index is -0.0926. The normalized spacial score (nSPS) is 11.2. The first-order chi connectivity index (χ1) is 9.35. The molecular formula is C15H22N2O2S. The van der Waals surface area contributed by atoms with Crippen LogP contribution in [0.3, 0.4) is 0 Å². The Balaban J connectivity index is 2.56. The van der Waals surface area contributed by atoms with Gasteiger partial charge in [0.15, 0.2) is 0 Å². The third kappa shape index (κ3) is 5.27. The standard InChI is InChI=1S/C15H22N2O2S/c1-15(2,8-9-19-3)10-17-14(18)12-6-4-11(5-7-12)13(16)20/h4-7H,8-10H2,1-3H3,(H2,16,20)(H,17,18). The van der Waals surface area contributed by atoms with Gasteiger partial charge in [-0.25, -0.2) is 0 Å². The Morgan fingerprint density at radius 2 is 1.85 bits per heavy atom. The lowest BCUT2D eigenvalue weighted by Crippen LogP contribution is -2.34. The fraction of sp³-hybridized carbons (Fsp3) is 0.467. The van der Waals surface area contributed by atoms with Crippen LogP contribution in [0, 0.1) is 5.41 Å². The van der Waals surface area contributed by atoms with Gasteiger partial charge in [0.1, 0.15) is 4.99 Å². The van der Waals surface area contributed by atoms with E-state index in [-0.39, 0.29) is 11.3 Å². The quantitative estimate of drug-likeness (QED) is 0.756. The molecule has 0 heterocycles. The average molecular weight is 294 g/mol. The van der Waals surface area contributed by atoms with E-state index in [4.69, 9.17) is 22.7 Å². The highest BCUT2D eigenvalue weighted by Gasteiger charge is 2.18. The first kappa shape index (κ1) is 16.6. The zero-order valence-electron chi connectivity index (χ0n) is 12.2. The number of benzene rings is 1. The summed E-state index contributed by atoms with van der Waals surface area (Å²) in [6, 6.07) is 6.97. The number of hydrogen-bond donors (Lipinski definition) is 2. The molecule has 0 aliphatic rings. The molecule has 1 amide bonds. The SMILES string of the molecule is COCCC(C)(C)CNC(=O)c1ccc(C(N)=S)cc1. The van der Waals surface area contributed by atoms with Crippen LogP contribution < -0.4 is 11.1 Å². The van der Waals surface area contributed by atoms with E-state index in [1.807, 2.05) is 0 Å². The van der Waals surface area contributed by atoms with Crippen LogP contribution in [0.5, 0.6) is 0 Å². The summed E-state index contributed by atoms with van der Waals surface area (Å²) in [4.78, 5) is 12.4. The number of methoxy groups -OCH3 is 1. The molecule has 0 aromatic heterocycles. The molecule has 0 aliphatic heterocycles. The van der Waals surface area contributed by atoms with E-state index in [1.54, 1.807) is 31.4 Å². The van der Waals surface area contributed by atoms with Crippen LogP contribution in [0.1, 0.15) is 36.2 Å². The summed E-state index contributed by atoms with van der Waals surface area (Å²) < 4.78 is 5.07. The molecule has 20 heavy (non-hydrogen) atoms. The smallest absolute Gasteiger partial charge is 0.251 e. The number of nitrogens with one attached hydrogen (secondary N) is 1. The molecule has 0 spiro atoms. The van der Waals surface area contributed by atoms with Crippen molar-refractivity contribution in [2.24, 2.45) is 11.1 Å². The van der Waals surface area contributed by atoms with Crippen molar-refractivity contribution >= 4 is 23.1 Å². The topological polar surface area (TPSA) is 64.3 Å². The molecule has 0 saturated heterocycles. The van der Waals surface area contributed by atoms with Gasteiger partial charge in [0.2, 0.25) is 0 Å². The number of amides is 1. The molecular weight excluding hydrogens is 272 g/mol. The van der Waals surface area contributed by atoms with E-state index in [1.165, 1.54) is 0 Å². The van der Waals surface area contributed by atoms with Gasteiger partial charge in [0.05, 0.1) is 0 Å². The van der Waals surface area contributed by atoms with Crippen LogP contribution in [-0.2, 0) is 4.74 Å². The van der Waals surface area contributed by atoms with E-state index in [0.29, 0.717) is 23.7 Å². The Morgan fingerprint density at radius 3 is 2.35 bits per heavy atom. The van der Waals surface area contributed by atoms with E-state index in [0.717, 1.165) is 12.0 Å². The monoisotopic (exact) mass is 294 g/mol. The lowest BCUT2D eigenvalue weighted by Gasteiger charge is -2.24. The van der Waals surface area contributed by atoms with Crippen LogP contribution in [0.2, 0.25) is 0 Å². The van der Waals surface area contributed by atoms with Crippen molar-refractivity contribution in [1.82, 2.24) is 5.32 Å². The number of hydrogen-bond acceptors (Lipinski definition) is 3. The second-order valence-corrected chi connectivity index (χ2v) is 5.97. The molecule has 0 aliphatic carbocycles. The van der Waals surface area contributed by atoms with Crippen molar-refractivity contribution in [2.75, 3.05) is 20.3 Å². The zero-order valence-corrected chi connectivity index (χ0v) is 13.0. The van der Waals surface area contributed by atoms with Crippen molar-refractivity contribution in [3.8, 4) is 0 Å². The summed E-state index contributed by atoms with van der Waals surface area (Å²) in [6.45, 7) is 5.49. The van der Waals surface area contributed by atoms with Crippen molar-refractivity contribution in [1.29, 1.82) is 0 Å². The molecule has 4 nitrogen and oxygen atoms in total. The zero-order chi connectivity index (χ0) is 15.2. The lowest BCUT2D eigenvalue weighted by molar-refractivity contribution is 0.0921. The third-order valence-corrected chi connectivity index (χ3v) is 3.38. The molecule has 0 atom stereocenters. The lowest BCUT2D eigenvalue weighted by atomic mass is 9.89. The summed E-state index contributed by atoms with van der Waals surface area (Å²) in [5.74, 6) is -0.0926. The van der Waals surface area contributed by atoms with Gasteiger partial charge in [-0.2, -0.15) is 0 Å². The van der Waals surface area contributed by atoms with E-state index < -0.39 is 0 Å². The van der Waals surface area contributed by atoms with E-state index in [9.17, 15) is 4.79 Å². The van der Waals surface area contributed by atoms with Gasteiger partial charge in [-0.3, -0.25) is 4.79 Å². The van der Waals surface area contributed by atoms with Crippen LogP contribution in [0.4, 0.5) is 0 Å². The minimum absolute atomic E-state index is 0.00440. The molecule has 0 unspecified atom stereocenters. The van der Waals surface area contributed by atoms with Crippen molar-refractivity contribution in [3.63, 3.8) is 0 Å². The molecule has 1 rings (SSSR count).